The summed E-state index contributed by atoms with van der Waals surface area (Å²) in [4.78, 5) is 3.70. The Kier molecular flexibility index (Phi) is 10.3. The predicted molar refractivity (Wildman–Crippen MR) is 113 cm³/mol. The van der Waals surface area contributed by atoms with Gasteiger partial charge < -0.3 is 0 Å². The number of hydrogen-bond acceptors (Lipinski definition) is 2. The first-order valence-corrected chi connectivity index (χ1v) is 9.43. The summed E-state index contributed by atoms with van der Waals surface area (Å²) in [7, 11) is 3.63. The van der Waals surface area contributed by atoms with Crippen molar-refractivity contribution in [2.45, 2.75) is 25.4 Å². The number of terminal acetylenes is 2. The summed E-state index contributed by atoms with van der Waals surface area (Å²) in [5.41, 5.74) is 0.364. The highest BCUT2D eigenvalue weighted by atomic mass is 19.4. The number of rotatable bonds is 6. The van der Waals surface area contributed by atoms with Gasteiger partial charge in [0.15, 0.2) is 0 Å². The smallest absolute Gasteiger partial charge is 0.291 e. The average Bonchev–Trinajstić information content (AvgIpc) is 2.68. The summed E-state index contributed by atoms with van der Waals surface area (Å²) in [6.07, 6.45) is 1.70. The van der Waals surface area contributed by atoms with Crippen molar-refractivity contribution in [3.63, 3.8) is 0 Å². The zero-order valence-electron chi connectivity index (χ0n) is 17.8. The summed E-state index contributed by atoms with van der Waals surface area (Å²) >= 11 is 0. The molecule has 0 unspecified atom stereocenters. The van der Waals surface area contributed by atoms with Crippen LogP contribution in [0.25, 0.3) is 0 Å². The molecule has 0 amide bonds. The molecular formula is C24H24F6N2. The lowest BCUT2D eigenvalue weighted by atomic mass is 10.1. The van der Waals surface area contributed by atoms with E-state index in [4.69, 9.17) is 12.8 Å². The summed E-state index contributed by atoms with van der Waals surface area (Å²) in [5, 5.41) is 0. The topological polar surface area (TPSA) is 6.48 Å². The minimum Gasteiger partial charge on any atom is -0.291 e. The minimum atomic E-state index is -4.27. The molecule has 172 valence electrons. The van der Waals surface area contributed by atoms with Crippen LogP contribution in [0.4, 0.5) is 26.3 Å². The van der Waals surface area contributed by atoms with Gasteiger partial charge in [0.2, 0.25) is 0 Å². The van der Waals surface area contributed by atoms with Gasteiger partial charge in [0, 0.05) is 13.1 Å². The molecule has 2 aromatic rings. The summed E-state index contributed by atoms with van der Waals surface area (Å²) in [5.74, 6) is 4.94. The molecule has 0 radical (unpaired) electrons. The quantitative estimate of drug-likeness (QED) is 0.418. The average molecular weight is 454 g/mol. The summed E-state index contributed by atoms with van der Waals surface area (Å²) in [6, 6.07) is 10.2. The van der Waals surface area contributed by atoms with E-state index in [0.29, 0.717) is 26.2 Å². The fraction of sp³-hybridized carbons (Fsp3) is 0.333. The van der Waals surface area contributed by atoms with E-state index in [2.05, 4.69) is 11.8 Å². The molecule has 0 aliphatic carbocycles. The van der Waals surface area contributed by atoms with E-state index in [-0.39, 0.29) is 0 Å². The molecule has 0 saturated carbocycles. The maximum absolute atomic E-state index is 12.3. The van der Waals surface area contributed by atoms with E-state index in [0.717, 1.165) is 35.4 Å². The van der Waals surface area contributed by atoms with Crippen LogP contribution in [0, 0.1) is 24.7 Å². The minimum absolute atomic E-state index is 0.473. The number of hydrogen-bond donors (Lipinski definition) is 0. The first-order chi connectivity index (χ1) is 14.9. The highest BCUT2D eigenvalue weighted by Gasteiger charge is 2.30. The molecule has 2 aromatic carbocycles. The molecule has 8 heteroatoms. The van der Waals surface area contributed by atoms with Crippen molar-refractivity contribution >= 4 is 0 Å². The van der Waals surface area contributed by atoms with Crippen molar-refractivity contribution in [3.8, 4) is 24.7 Å². The molecule has 0 atom stereocenters. The highest BCUT2D eigenvalue weighted by Crippen LogP contribution is 2.30. The maximum atomic E-state index is 12.3. The first-order valence-electron chi connectivity index (χ1n) is 9.43. The van der Waals surface area contributed by atoms with E-state index < -0.39 is 23.5 Å². The molecular weight excluding hydrogens is 430 g/mol. The van der Waals surface area contributed by atoms with Crippen LogP contribution in [0.3, 0.4) is 0 Å². The lowest BCUT2D eigenvalue weighted by Gasteiger charge is -2.13. The van der Waals surface area contributed by atoms with E-state index >= 15 is 0 Å². The van der Waals surface area contributed by atoms with Crippen LogP contribution in [-0.4, -0.2) is 37.0 Å². The highest BCUT2D eigenvalue weighted by molar-refractivity contribution is 5.25. The van der Waals surface area contributed by atoms with Gasteiger partial charge in [-0.25, -0.2) is 0 Å². The van der Waals surface area contributed by atoms with Gasteiger partial charge in [-0.05, 0) is 49.5 Å². The number of halogens is 6. The van der Waals surface area contributed by atoms with Crippen LogP contribution in [0.2, 0.25) is 0 Å². The van der Waals surface area contributed by atoms with Crippen molar-refractivity contribution in [2.24, 2.45) is 0 Å². The van der Waals surface area contributed by atoms with Gasteiger partial charge in [-0.15, -0.1) is 12.8 Å². The molecule has 2 nitrogen and oxygen atoms in total. The van der Waals surface area contributed by atoms with Crippen LogP contribution in [0.1, 0.15) is 22.3 Å². The van der Waals surface area contributed by atoms with Gasteiger partial charge in [-0.3, -0.25) is 9.80 Å². The third-order valence-electron chi connectivity index (χ3n) is 4.19. The van der Waals surface area contributed by atoms with Crippen molar-refractivity contribution in [1.82, 2.24) is 9.80 Å². The molecule has 0 aliphatic rings. The molecule has 0 saturated heterocycles. The van der Waals surface area contributed by atoms with E-state index in [1.165, 1.54) is 24.3 Å². The normalized spacial score (nSPS) is 11.5. The molecule has 0 fully saturated rings. The molecule has 0 bridgehead atoms. The second kappa shape index (κ2) is 12.2. The molecule has 0 heterocycles. The largest absolute Gasteiger partial charge is 0.416 e. The van der Waals surface area contributed by atoms with Crippen molar-refractivity contribution < 1.29 is 26.3 Å². The fourth-order valence-corrected chi connectivity index (χ4v) is 2.65. The second-order valence-electron chi connectivity index (χ2n) is 7.14. The predicted octanol–water partition coefficient (Wildman–Crippen LogP) is 5.54. The molecule has 0 aliphatic heterocycles. The lowest BCUT2D eigenvalue weighted by molar-refractivity contribution is -0.138. The Morgan fingerprint density at radius 2 is 0.906 bits per heavy atom. The van der Waals surface area contributed by atoms with E-state index in [1.54, 1.807) is 0 Å². The number of benzene rings is 2. The van der Waals surface area contributed by atoms with E-state index in [1.807, 2.05) is 23.9 Å². The van der Waals surface area contributed by atoms with Gasteiger partial charge in [0.1, 0.15) is 0 Å². The van der Waals surface area contributed by atoms with Crippen molar-refractivity contribution in [1.29, 1.82) is 0 Å². The summed E-state index contributed by atoms with van der Waals surface area (Å²) < 4.78 is 73.6. The number of alkyl halides is 6. The Bertz CT molecular complexity index is 823. The van der Waals surface area contributed by atoms with Gasteiger partial charge >= 0.3 is 12.4 Å². The second-order valence-corrected chi connectivity index (χ2v) is 7.14. The Labute approximate surface area is 184 Å². The Balaban J connectivity index is 0.000000320. The molecule has 2 rings (SSSR count). The summed E-state index contributed by atoms with van der Waals surface area (Å²) in [6.45, 7) is 2.03. The Morgan fingerprint density at radius 3 is 1.12 bits per heavy atom. The fourth-order valence-electron chi connectivity index (χ4n) is 2.65. The standard InChI is InChI=1S/2C12H12F3N/c2*1-3-8-16(2)9-10-4-6-11(7-5-10)12(13,14)15/h2*1,4-7H,8-9H2,2H3. The Morgan fingerprint density at radius 1 is 0.625 bits per heavy atom. The van der Waals surface area contributed by atoms with Gasteiger partial charge in [-0.2, -0.15) is 26.3 Å². The molecule has 0 spiro atoms. The van der Waals surface area contributed by atoms with Gasteiger partial charge in [0.25, 0.3) is 0 Å². The van der Waals surface area contributed by atoms with Crippen LogP contribution < -0.4 is 0 Å². The third kappa shape index (κ3) is 9.91. The molecule has 32 heavy (non-hydrogen) atoms. The molecule has 0 N–H and O–H groups in total. The molecule has 0 aromatic heterocycles. The first kappa shape index (κ1) is 27.1. The zero-order chi connectivity index (χ0) is 24.4. The van der Waals surface area contributed by atoms with E-state index in [9.17, 15) is 26.3 Å². The van der Waals surface area contributed by atoms with Crippen LogP contribution in [0.5, 0.6) is 0 Å². The van der Waals surface area contributed by atoms with Crippen LogP contribution in [-0.2, 0) is 25.4 Å². The monoisotopic (exact) mass is 454 g/mol. The van der Waals surface area contributed by atoms with Gasteiger partial charge in [0.05, 0.1) is 24.2 Å². The van der Waals surface area contributed by atoms with Gasteiger partial charge in [-0.1, -0.05) is 36.1 Å². The third-order valence-corrected chi connectivity index (χ3v) is 4.19. The Hall–Kier alpha value is -2.94. The van der Waals surface area contributed by atoms with Crippen LogP contribution >= 0.6 is 0 Å². The van der Waals surface area contributed by atoms with Crippen LogP contribution in [0.15, 0.2) is 48.5 Å². The number of nitrogens with zero attached hydrogens (tertiary/aromatic N) is 2. The zero-order valence-corrected chi connectivity index (χ0v) is 17.8. The SMILES string of the molecule is C#CCN(C)Cc1ccc(C(F)(F)F)cc1.C#CCN(C)Cc1ccc(C(F)(F)F)cc1. The maximum Gasteiger partial charge on any atom is 0.416 e. The lowest BCUT2D eigenvalue weighted by Crippen LogP contribution is -2.17. The van der Waals surface area contributed by atoms with Crippen molar-refractivity contribution in [3.05, 3.63) is 70.8 Å². The van der Waals surface area contributed by atoms with Crippen molar-refractivity contribution in [2.75, 3.05) is 27.2 Å².